The van der Waals surface area contributed by atoms with E-state index in [0.29, 0.717) is 37.5 Å². The molecule has 0 fully saturated rings. The van der Waals surface area contributed by atoms with Crippen LogP contribution in [0.5, 0.6) is 5.75 Å². The van der Waals surface area contributed by atoms with E-state index in [4.69, 9.17) is 14.2 Å². The summed E-state index contributed by atoms with van der Waals surface area (Å²) in [6, 6.07) is 6.92. The number of rotatable bonds is 7. The number of benzene rings is 1. The van der Waals surface area contributed by atoms with Gasteiger partial charge in [0.1, 0.15) is 16.9 Å². The average Bonchev–Trinajstić information content (AvgIpc) is 2.45. The Labute approximate surface area is 137 Å². The number of carbonyl (C=O) groups is 2. The first kappa shape index (κ1) is 18.8. The summed E-state index contributed by atoms with van der Waals surface area (Å²) in [5.74, 6) is 0.0678. The number of ether oxygens (including phenoxy) is 3. The van der Waals surface area contributed by atoms with E-state index in [0.717, 1.165) is 0 Å². The summed E-state index contributed by atoms with van der Waals surface area (Å²) >= 11 is 0. The summed E-state index contributed by atoms with van der Waals surface area (Å²) < 4.78 is 15.7. The molecule has 1 aromatic carbocycles. The quantitative estimate of drug-likeness (QED) is 0.616. The zero-order valence-electron chi connectivity index (χ0n) is 14.2. The van der Waals surface area contributed by atoms with Gasteiger partial charge in [0, 0.05) is 6.54 Å². The first-order valence-electron chi connectivity index (χ1n) is 7.69. The average molecular weight is 323 g/mol. The van der Waals surface area contributed by atoms with Gasteiger partial charge in [-0.3, -0.25) is 0 Å². The number of para-hydroxylation sites is 1. The molecule has 0 unspecified atom stereocenters. The van der Waals surface area contributed by atoms with Crippen molar-refractivity contribution in [2.24, 2.45) is 0 Å². The molecule has 0 aromatic heterocycles. The lowest BCUT2D eigenvalue weighted by Crippen LogP contribution is -2.33. The van der Waals surface area contributed by atoms with E-state index >= 15 is 0 Å². The smallest absolute Gasteiger partial charge is 0.407 e. The largest absolute Gasteiger partial charge is 0.493 e. The van der Waals surface area contributed by atoms with Crippen molar-refractivity contribution in [3.8, 4) is 5.75 Å². The molecule has 1 amide bonds. The Kier molecular flexibility index (Phi) is 7.38. The van der Waals surface area contributed by atoms with Crippen LogP contribution in [0.15, 0.2) is 24.3 Å². The van der Waals surface area contributed by atoms with E-state index in [-0.39, 0.29) is 0 Å². The standard InChI is InChI=1S/C17H25NO5/c1-5-21-15(19)13-9-6-7-10-14(13)22-12-8-11-18-16(20)23-17(2,3)4/h6-7,9-10H,5,8,11-12H2,1-4H3,(H,18,20). The van der Waals surface area contributed by atoms with E-state index in [1.165, 1.54) is 0 Å². The minimum atomic E-state index is -0.515. The molecule has 0 spiro atoms. The highest BCUT2D eigenvalue weighted by molar-refractivity contribution is 5.92. The number of hydrogen-bond acceptors (Lipinski definition) is 5. The zero-order valence-corrected chi connectivity index (χ0v) is 14.2. The van der Waals surface area contributed by atoms with Crippen LogP contribution in [0.1, 0.15) is 44.5 Å². The highest BCUT2D eigenvalue weighted by Crippen LogP contribution is 2.19. The SMILES string of the molecule is CCOC(=O)c1ccccc1OCCCNC(=O)OC(C)(C)C. The van der Waals surface area contributed by atoms with E-state index in [1.807, 2.05) is 20.8 Å². The highest BCUT2D eigenvalue weighted by Gasteiger charge is 2.15. The maximum Gasteiger partial charge on any atom is 0.407 e. The molecule has 1 aromatic rings. The van der Waals surface area contributed by atoms with Crippen molar-refractivity contribution < 1.29 is 23.8 Å². The molecule has 1 N–H and O–H groups in total. The van der Waals surface area contributed by atoms with Gasteiger partial charge in [0.15, 0.2) is 0 Å². The van der Waals surface area contributed by atoms with Gasteiger partial charge in [-0.25, -0.2) is 9.59 Å². The monoisotopic (exact) mass is 323 g/mol. The fourth-order valence-electron chi connectivity index (χ4n) is 1.73. The van der Waals surface area contributed by atoms with Crippen LogP contribution in [0, 0.1) is 0 Å². The van der Waals surface area contributed by atoms with E-state index in [2.05, 4.69) is 5.32 Å². The minimum Gasteiger partial charge on any atom is -0.493 e. The fraction of sp³-hybridized carbons (Fsp3) is 0.529. The summed E-state index contributed by atoms with van der Waals surface area (Å²) in [5, 5.41) is 2.65. The van der Waals surface area contributed by atoms with Crippen LogP contribution in [0.25, 0.3) is 0 Å². The molecule has 23 heavy (non-hydrogen) atoms. The van der Waals surface area contributed by atoms with E-state index in [1.54, 1.807) is 31.2 Å². The Hall–Kier alpha value is -2.24. The van der Waals surface area contributed by atoms with Gasteiger partial charge in [-0.15, -0.1) is 0 Å². The van der Waals surface area contributed by atoms with Gasteiger partial charge in [0.05, 0.1) is 13.2 Å². The van der Waals surface area contributed by atoms with Crippen molar-refractivity contribution >= 4 is 12.1 Å². The third-order valence-corrected chi connectivity index (χ3v) is 2.63. The second kappa shape index (κ2) is 9.02. The number of esters is 1. The molecular formula is C17H25NO5. The molecule has 0 aliphatic rings. The van der Waals surface area contributed by atoms with Gasteiger partial charge >= 0.3 is 12.1 Å². The Morgan fingerprint density at radius 3 is 2.52 bits per heavy atom. The summed E-state index contributed by atoms with van der Waals surface area (Å²) in [4.78, 5) is 23.3. The molecule has 1 rings (SSSR count). The number of nitrogens with one attached hydrogen (secondary N) is 1. The van der Waals surface area contributed by atoms with Crippen molar-refractivity contribution in [1.82, 2.24) is 5.32 Å². The molecule has 6 nitrogen and oxygen atoms in total. The molecule has 0 aliphatic carbocycles. The lowest BCUT2D eigenvalue weighted by atomic mass is 10.2. The van der Waals surface area contributed by atoms with Gasteiger partial charge in [-0.1, -0.05) is 12.1 Å². The van der Waals surface area contributed by atoms with E-state index < -0.39 is 17.7 Å². The predicted molar refractivity (Wildman–Crippen MR) is 86.7 cm³/mol. The van der Waals surface area contributed by atoms with Crippen molar-refractivity contribution in [3.05, 3.63) is 29.8 Å². The van der Waals surface area contributed by atoms with E-state index in [9.17, 15) is 9.59 Å². The van der Waals surface area contributed by atoms with Gasteiger partial charge in [0.25, 0.3) is 0 Å². The van der Waals surface area contributed by atoms with Crippen molar-refractivity contribution in [1.29, 1.82) is 0 Å². The molecule has 0 heterocycles. The maximum atomic E-state index is 11.8. The van der Waals surface area contributed by atoms with Gasteiger partial charge < -0.3 is 19.5 Å². The van der Waals surface area contributed by atoms with Crippen LogP contribution in [0.3, 0.4) is 0 Å². The van der Waals surface area contributed by atoms with Crippen LogP contribution in [-0.2, 0) is 9.47 Å². The number of hydrogen-bond donors (Lipinski definition) is 1. The summed E-state index contributed by atoms with van der Waals surface area (Å²) in [6.45, 7) is 8.28. The molecule has 0 bridgehead atoms. The van der Waals surface area contributed by atoms with Crippen molar-refractivity contribution in [3.63, 3.8) is 0 Å². The van der Waals surface area contributed by atoms with Gasteiger partial charge in [-0.05, 0) is 46.2 Å². The maximum absolute atomic E-state index is 11.8. The second-order valence-electron chi connectivity index (χ2n) is 5.85. The summed E-state index contributed by atoms with van der Waals surface area (Å²) in [6.07, 6.45) is 0.139. The van der Waals surface area contributed by atoms with Crippen LogP contribution < -0.4 is 10.1 Å². The molecule has 128 valence electrons. The Morgan fingerprint density at radius 2 is 1.87 bits per heavy atom. The number of amides is 1. The Balaban J connectivity index is 2.37. The topological polar surface area (TPSA) is 73.9 Å². The van der Waals surface area contributed by atoms with Gasteiger partial charge in [0.2, 0.25) is 0 Å². The first-order chi connectivity index (χ1) is 10.8. The number of carbonyl (C=O) groups excluding carboxylic acids is 2. The van der Waals surface area contributed by atoms with Crippen molar-refractivity contribution in [2.45, 2.75) is 39.7 Å². The van der Waals surface area contributed by atoms with Gasteiger partial charge in [-0.2, -0.15) is 0 Å². The molecule has 0 aliphatic heterocycles. The Bertz CT molecular complexity index is 522. The fourth-order valence-corrected chi connectivity index (χ4v) is 1.73. The lowest BCUT2D eigenvalue weighted by molar-refractivity contribution is 0.0517. The first-order valence-corrected chi connectivity index (χ1v) is 7.69. The number of alkyl carbamates (subject to hydrolysis) is 1. The van der Waals surface area contributed by atoms with Crippen LogP contribution in [0.2, 0.25) is 0 Å². The Morgan fingerprint density at radius 1 is 1.17 bits per heavy atom. The third kappa shape index (κ3) is 7.54. The highest BCUT2D eigenvalue weighted by atomic mass is 16.6. The molecule has 6 heteroatoms. The lowest BCUT2D eigenvalue weighted by Gasteiger charge is -2.19. The van der Waals surface area contributed by atoms with Crippen LogP contribution >= 0.6 is 0 Å². The van der Waals surface area contributed by atoms with Crippen LogP contribution in [-0.4, -0.2) is 37.4 Å². The predicted octanol–water partition coefficient (Wildman–Crippen LogP) is 3.16. The molecule has 0 atom stereocenters. The molecule has 0 saturated heterocycles. The summed E-state index contributed by atoms with van der Waals surface area (Å²) in [7, 11) is 0. The normalized spacial score (nSPS) is 10.8. The molecular weight excluding hydrogens is 298 g/mol. The third-order valence-electron chi connectivity index (χ3n) is 2.63. The molecule has 0 radical (unpaired) electrons. The van der Waals surface area contributed by atoms with Crippen LogP contribution in [0.4, 0.5) is 4.79 Å². The minimum absolute atomic E-state index is 0.312. The zero-order chi connectivity index (χ0) is 17.3. The molecule has 0 saturated carbocycles. The second-order valence-corrected chi connectivity index (χ2v) is 5.85. The summed E-state index contributed by atoms with van der Waals surface area (Å²) in [5.41, 5.74) is -0.117. The van der Waals surface area contributed by atoms with Crippen molar-refractivity contribution in [2.75, 3.05) is 19.8 Å².